The van der Waals surface area contributed by atoms with E-state index in [1.54, 1.807) is 0 Å². The number of para-hydroxylation sites is 1. The second-order valence-electron chi connectivity index (χ2n) is 8.08. The average Bonchev–Trinajstić information content (AvgIpc) is 3.30. The summed E-state index contributed by atoms with van der Waals surface area (Å²) in [5.41, 5.74) is 1.79. The van der Waals surface area contributed by atoms with E-state index < -0.39 is 12.2 Å². The molecule has 3 aromatic rings. The highest BCUT2D eigenvalue weighted by Crippen LogP contribution is 2.23. The molecule has 0 aliphatic carbocycles. The van der Waals surface area contributed by atoms with Gasteiger partial charge in [-0.3, -0.25) is 0 Å². The van der Waals surface area contributed by atoms with Gasteiger partial charge in [0.15, 0.2) is 5.76 Å². The Morgan fingerprint density at radius 2 is 1.82 bits per heavy atom. The van der Waals surface area contributed by atoms with Crippen molar-refractivity contribution in [2.75, 3.05) is 6.54 Å². The Hall–Kier alpha value is -3.36. The predicted molar refractivity (Wildman–Crippen MR) is 122 cm³/mol. The molecule has 0 spiro atoms. The molecule has 3 atom stereocenters. The van der Waals surface area contributed by atoms with Gasteiger partial charge in [0.1, 0.15) is 18.5 Å². The van der Waals surface area contributed by atoms with Crippen molar-refractivity contribution in [1.29, 1.82) is 0 Å². The molecule has 2 aromatic carbocycles. The normalized spacial score (nSPS) is 20.2. The van der Waals surface area contributed by atoms with Crippen molar-refractivity contribution >= 4 is 6.03 Å². The topological polar surface area (TPSA) is 106 Å². The molecule has 1 aromatic heterocycles. The molecule has 8 heteroatoms. The fourth-order valence-corrected chi connectivity index (χ4v) is 3.74. The lowest BCUT2D eigenvalue weighted by molar-refractivity contribution is -0.113. The number of carbonyl (C=O) groups is 1. The molecule has 8 nitrogen and oxygen atoms in total. The third-order valence-corrected chi connectivity index (χ3v) is 5.51. The van der Waals surface area contributed by atoms with Gasteiger partial charge in [-0.05, 0) is 30.5 Å². The molecule has 1 aliphatic heterocycles. The van der Waals surface area contributed by atoms with Gasteiger partial charge in [-0.1, -0.05) is 53.7 Å². The molecule has 0 unspecified atom stereocenters. The molecule has 174 valence electrons. The van der Waals surface area contributed by atoms with Gasteiger partial charge < -0.3 is 29.7 Å². The molecule has 1 saturated heterocycles. The van der Waals surface area contributed by atoms with Crippen molar-refractivity contribution in [3.05, 3.63) is 83.7 Å². The molecule has 0 saturated carbocycles. The highest BCUT2D eigenvalue weighted by molar-refractivity contribution is 5.73. The summed E-state index contributed by atoms with van der Waals surface area (Å²) in [4.78, 5) is 12.1. The van der Waals surface area contributed by atoms with Crippen LogP contribution in [0.4, 0.5) is 4.79 Å². The first-order valence-electron chi connectivity index (χ1n) is 11.2. The Labute approximate surface area is 192 Å². The molecule has 2 heterocycles. The molecule has 1 aliphatic rings. The Balaban J connectivity index is 1.20. The summed E-state index contributed by atoms with van der Waals surface area (Å²) in [6.45, 7) is 0.963. The fourth-order valence-electron chi connectivity index (χ4n) is 3.74. The molecule has 1 fully saturated rings. The number of nitrogens with zero attached hydrogens (tertiary/aromatic N) is 1. The van der Waals surface area contributed by atoms with Gasteiger partial charge in [0.25, 0.3) is 0 Å². The second-order valence-corrected chi connectivity index (χ2v) is 8.08. The van der Waals surface area contributed by atoms with Gasteiger partial charge in [-0.2, -0.15) is 0 Å². The highest BCUT2D eigenvalue weighted by atomic mass is 16.5. The van der Waals surface area contributed by atoms with Crippen molar-refractivity contribution in [3.8, 4) is 5.75 Å². The summed E-state index contributed by atoms with van der Waals surface area (Å²) in [6.07, 6.45) is 0.672. The van der Waals surface area contributed by atoms with Gasteiger partial charge in [0, 0.05) is 25.6 Å². The van der Waals surface area contributed by atoms with Crippen LogP contribution in [0.1, 0.15) is 29.9 Å². The zero-order chi connectivity index (χ0) is 22.9. The summed E-state index contributed by atoms with van der Waals surface area (Å²) in [5.74, 6) is 1.40. The lowest BCUT2D eigenvalue weighted by Crippen LogP contribution is -2.48. The number of aliphatic hydroxyl groups is 1. The van der Waals surface area contributed by atoms with E-state index >= 15 is 0 Å². The SMILES string of the molecule is O=C(NCc1ccccc1)NC[C@H]1O[C@H](Cc2cc(COc3ccccc3)on2)CC[C@@H]1O. The molecule has 0 radical (unpaired) electrons. The van der Waals surface area contributed by atoms with Gasteiger partial charge in [0.2, 0.25) is 0 Å². The third kappa shape index (κ3) is 7.06. The van der Waals surface area contributed by atoms with Gasteiger partial charge in [0.05, 0.1) is 17.9 Å². The van der Waals surface area contributed by atoms with Crippen LogP contribution < -0.4 is 15.4 Å². The number of amides is 2. The Bertz CT molecular complexity index is 996. The number of ether oxygens (including phenoxy) is 2. The smallest absolute Gasteiger partial charge is 0.315 e. The molecule has 4 rings (SSSR count). The standard InChI is InChI=1S/C25H29N3O5/c29-23-12-11-21(13-19-14-22(33-28-19)17-31-20-9-5-2-6-10-20)32-24(23)16-27-25(30)26-15-18-7-3-1-4-8-18/h1-10,14,21,23-24,29H,11-13,15-17H2,(H2,26,27,30)/t21-,23-,24+/m0/s1. The first-order valence-corrected chi connectivity index (χ1v) is 11.2. The van der Waals surface area contributed by atoms with E-state index in [0.29, 0.717) is 38.2 Å². The van der Waals surface area contributed by atoms with E-state index in [0.717, 1.165) is 17.0 Å². The van der Waals surface area contributed by atoms with Gasteiger partial charge in [-0.25, -0.2) is 4.79 Å². The van der Waals surface area contributed by atoms with Crippen molar-refractivity contribution in [2.24, 2.45) is 0 Å². The highest BCUT2D eigenvalue weighted by Gasteiger charge is 2.30. The van der Waals surface area contributed by atoms with Crippen LogP contribution in [0.25, 0.3) is 0 Å². The van der Waals surface area contributed by atoms with Crippen LogP contribution in [0, 0.1) is 0 Å². The van der Waals surface area contributed by atoms with E-state index in [1.807, 2.05) is 66.7 Å². The molecule has 0 bridgehead atoms. The Morgan fingerprint density at radius 1 is 1.06 bits per heavy atom. The van der Waals surface area contributed by atoms with Crippen LogP contribution in [-0.2, 0) is 24.3 Å². The summed E-state index contributed by atoms with van der Waals surface area (Å²) in [7, 11) is 0. The quantitative estimate of drug-likeness (QED) is 0.461. The summed E-state index contributed by atoms with van der Waals surface area (Å²) < 4.78 is 17.1. The molecular weight excluding hydrogens is 422 g/mol. The predicted octanol–water partition coefficient (Wildman–Crippen LogP) is 3.20. The van der Waals surface area contributed by atoms with E-state index in [4.69, 9.17) is 14.0 Å². The Kier molecular flexibility index (Phi) is 7.94. The average molecular weight is 452 g/mol. The van der Waals surface area contributed by atoms with E-state index in [-0.39, 0.29) is 18.7 Å². The molecule has 2 amide bonds. The maximum Gasteiger partial charge on any atom is 0.315 e. The minimum Gasteiger partial charge on any atom is -0.486 e. The number of carbonyl (C=O) groups excluding carboxylic acids is 1. The van der Waals surface area contributed by atoms with Crippen LogP contribution in [0.3, 0.4) is 0 Å². The number of nitrogens with one attached hydrogen (secondary N) is 2. The fraction of sp³-hybridized carbons (Fsp3) is 0.360. The van der Waals surface area contributed by atoms with Gasteiger partial charge >= 0.3 is 6.03 Å². The van der Waals surface area contributed by atoms with Crippen molar-refractivity contribution in [3.63, 3.8) is 0 Å². The van der Waals surface area contributed by atoms with E-state index in [2.05, 4.69) is 15.8 Å². The summed E-state index contributed by atoms with van der Waals surface area (Å²) in [5, 5.41) is 20.0. The summed E-state index contributed by atoms with van der Waals surface area (Å²) in [6, 6.07) is 20.8. The molecule has 3 N–H and O–H groups in total. The van der Waals surface area contributed by atoms with Crippen LogP contribution in [0.2, 0.25) is 0 Å². The number of aromatic nitrogens is 1. The minimum absolute atomic E-state index is 0.111. The second kappa shape index (κ2) is 11.5. The molecular formula is C25H29N3O5. The number of aliphatic hydroxyl groups excluding tert-OH is 1. The van der Waals surface area contributed by atoms with Gasteiger partial charge in [-0.15, -0.1) is 0 Å². The van der Waals surface area contributed by atoms with Crippen LogP contribution in [0.15, 0.2) is 71.3 Å². The Morgan fingerprint density at radius 3 is 2.61 bits per heavy atom. The number of rotatable bonds is 9. The maximum absolute atomic E-state index is 12.1. The van der Waals surface area contributed by atoms with E-state index in [9.17, 15) is 9.90 Å². The maximum atomic E-state index is 12.1. The van der Waals surface area contributed by atoms with E-state index in [1.165, 1.54) is 0 Å². The van der Waals surface area contributed by atoms with Crippen LogP contribution in [-0.4, -0.2) is 41.2 Å². The minimum atomic E-state index is -0.622. The van der Waals surface area contributed by atoms with Crippen molar-refractivity contribution in [2.45, 2.75) is 50.7 Å². The monoisotopic (exact) mass is 451 g/mol. The largest absolute Gasteiger partial charge is 0.486 e. The third-order valence-electron chi connectivity index (χ3n) is 5.51. The summed E-state index contributed by atoms with van der Waals surface area (Å²) >= 11 is 0. The number of hydrogen-bond donors (Lipinski definition) is 3. The number of benzene rings is 2. The number of hydrogen-bond acceptors (Lipinski definition) is 6. The lowest BCUT2D eigenvalue weighted by atomic mass is 9.98. The number of urea groups is 1. The van der Waals surface area contributed by atoms with Crippen molar-refractivity contribution < 1.29 is 23.9 Å². The van der Waals surface area contributed by atoms with Crippen LogP contribution in [0.5, 0.6) is 5.75 Å². The lowest BCUT2D eigenvalue weighted by Gasteiger charge is -2.33. The first kappa shape index (κ1) is 22.8. The van der Waals surface area contributed by atoms with Crippen molar-refractivity contribution in [1.82, 2.24) is 15.8 Å². The van der Waals surface area contributed by atoms with Crippen LogP contribution >= 0.6 is 0 Å². The zero-order valence-corrected chi connectivity index (χ0v) is 18.4. The first-order chi connectivity index (χ1) is 16.2. The zero-order valence-electron chi connectivity index (χ0n) is 18.4. The molecule has 33 heavy (non-hydrogen) atoms.